The molecular formula is C21H24N4OS2. The highest BCUT2D eigenvalue weighted by Crippen LogP contribution is 2.26. The van der Waals surface area contributed by atoms with E-state index in [9.17, 15) is 4.79 Å². The molecule has 0 bridgehead atoms. The van der Waals surface area contributed by atoms with Crippen molar-refractivity contribution in [2.45, 2.75) is 30.8 Å². The van der Waals surface area contributed by atoms with Gasteiger partial charge in [-0.3, -0.25) is 4.79 Å². The second-order valence-electron chi connectivity index (χ2n) is 6.42. The van der Waals surface area contributed by atoms with Crippen LogP contribution in [0.3, 0.4) is 0 Å². The summed E-state index contributed by atoms with van der Waals surface area (Å²) in [7, 11) is 1.84. The summed E-state index contributed by atoms with van der Waals surface area (Å²) in [4.78, 5) is 14.2. The summed E-state index contributed by atoms with van der Waals surface area (Å²) in [5.74, 6) is 0.440. The SMILES string of the molecule is CCc1ccc(CN(C)C(=O)CSc2nnc(NCc3ccccc3)s2)cc1. The predicted octanol–water partition coefficient (Wildman–Crippen LogP) is 4.46. The van der Waals surface area contributed by atoms with Crippen LogP contribution in [0.5, 0.6) is 0 Å². The molecule has 0 aliphatic carbocycles. The highest BCUT2D eigenvalue weighted by Gasteiger charge is 2.12. The fourth-order valence-corrected chi connectivity index (χ4v) is 4.28. The van der Waals surface area contributed by atoms with Gasteiger partial charge in [0.1, 0.15) is 0 Å². The molecule has 0 atom stereocenters. The number of hydrogen-bond acceptors (Lipinski definition) is 6. The molecule has 146 valence electrons. The number of aromatic nitrogens is 2. The summed E-state index contributed by atoms with van der Waals surface area (Å²) in [5.41, 5.74) is 3.64. The lowest BCUT2D eigenvalue weighted by Crippen LogP contribution is -2.27. The van der Waals surface area contributed by atoms with Gasteiger partial charge in [-0.2, -0.15) is 0 Å². The predicted molar refractivity (Wildman–Crippen MR) is 117 cm³/mol. The molecule has 28 heavy (non-hydrogen) atoms. The lowest BCUT2D eigenvalue weighted by molar-refractivity contribution is -0.127. The first-order valence-corrected chi connectivity index (χ1v) is 11.0. The fourth-order valence-electron chi connectivity index (χ4n) is 2.59. The van der Waals surface area contributed by atoms with Crippen LogP contribution in [0.2, 0.25) is 0 Å². The minimum Gasteiger partial charge on any atom is -0.356 e. The molecule has 2 aromatic carbocycles. The number of aryl methyl sites for hydroxylation is 1. The van der Waals surface area contributed by atoms with Gasteiger partial charge in [0, 0.05) is 20.1 Å². The van der Waals surface area contributed by atoms with Crippen LogP contribution in [0.25, 0.3) is 0 Å². The van der Waals surface area contributed by atoms with E-state index in [4.69, 9.17) is 0 Å². The van der Waals surface area contributed by atoms with Gasteiger partial charge in [0.25, 0.3) is 0 Å². The quantitative estimate of drug-likeness (QED) is 0.526. The van der Waals surface area contributed by atoms with Crippen LogP contribution >= 0.6 is 23.1 Å². The number of amides is 1. The zero-order valence-electron chi connectivity index (χ0n) is 16.1. The number of benzene rings is 2. The Hall–Kier alpha value is -2.38. The molecule has 0 aliphatic rings. The largest absolute Gasteiger partial charge is 0.356 e. The van der Waals surface area contributed by atoms with Crippen molar-refractivity contribution in [1.29, 1.82) is 0 Å². The van der Waals surface area contributed by atoms with Crippen molar-refractivity contribution in [3.63, 3.8) is 0 Å². The molecule has 0 spiro atoms. The molecule has 3 aromatic rings. The van der Waals surface area contributed by atoms with Crippen molar-refractivity contribution >= 4 is 34.1 Å². The van der Waals surface area contributed by atoms with E-state index in [1.54, 1.807) is 4.90 Å². The molecule has 0 radical (unpaired) electrons. The highest BCUT2D eigenvalue weighted by molar-refractivity contribution is 8.01. The Bertz CT molecular complexity index is 881. The molecular weight excluding hydrogens is 388 g/mol. The van der Waals surface area contributed by atoms with Crippen LogP contribution in [-0.2, 0) is 24.3 Å². The maximum absolute atomic E-state index is 12.4. The van der Waals surface area contributed by atoms with Gasteiger partial charge < -0.3 is 10.2 Å². The van der Waals surface area contributed by atoms with Crippen LogP contribution in [-0.4, -0.2) is 33.8 Å². The number of thioether (sulfide) groups is 1. The smallest absolute Gasteiger partial charge is 0.233 e. The second-order valence-corrected chi connectivity index (χ2v) is 8.62. The summed E-state index contributed by atoms with van der Waals surface area (Å²) < 4.78 is 0.796. The molecule has 5 nitrogen and oxygen atoms in total. The molecule has 0 saturated heterocycles. The third-order valence-corrected chi connectivity index (χ3v) is 6.29. The Balaban J connectivity index is 1.44. The Morgan fingerprint density at radius 2 is 1.75 bits per heavy atom. The first-order valence-electron chi connectivity index (χ1n) is 9.20. The summed E-state index contributed by atoms with van der Waals surface area (Å²) in [6, 6.07) is 18.6. The van der Waals surface area contributed by atoms with Crippen LogP contribution in [0.1, 0.15) is 23.6 Å². The van der Waals surface area contributed by atoms with Gasteiger partial charge in [0.15, 0.2) is 4.34 Å². The number of hydrogen-bond donors (Lipinski definition) is 1. The number of carbonyl (C=O) groups is 1. The minimum atomic E-state index is 0.0820. The third-order valence-electron chi connectivity index (χ3n) is 4.29. The summed E-state index contributed by atoms with van der Waals surface area (Å²) in [6.45, 7) is 3.46. The van der Waals surface area contributed by atoms with Gasteiger partial charge in [-0.1, -0.05) is 84.6 Å². The molecule has 0 unspecified atom stereocenters. The normalized spacial score (nSPS) is 10.6. The van der Waals surface area contributed by atoms with E-state index in [1.165, 1.54) is 34.2 Å². The molecule has 0 saturated carbocycles. The van der Waals surface area contributed by atoms with Crippen LogP contribution in [0.15, 0.2) is 58.9 Å². The van der Waals surface area contributed by atoms with Gasteiger partial charge in [-0.05, 0) is 23.1 Å². The monoisotopic (exact) mass is 412 g/mol. The van der Waals surface area contributed by atoms with Crippen LogP contribution in [0, 0.1) is 0 Å². The van der Waals surface area contributed by atoms with Crippen molar-refractivity contribution in [3.8, 4) is 0 Å². The maximum Gasteiger partial charge on any atom is 0.233 e. The van der Waals surface area contributed by atoms with E-state index < -0.39 is 0 Å². The van der Waals surface area contributed by atoms with Crippen LogP contribution < -0.4 is 5.32 Å². The summed E-state index contributed by atoms with van der Waals surface area (Å²) >= 11 is 2.90. The molecule has 1 heterocycles. The molecule has 0 fully saturated rings. The minimum absolute atomic E-state index is 0.0820. The first-order chi connectivity index (χ1) is 13.6. The average Bonchev–Trinajstić information content (AvgIpc) is 3.19. The number of nitrogens with one attached hydrogen (secondary N) is 1. The number of anilines is 1. The van der Waals surface area contributed by atoms with Crippen molar-refractivity contribution in [2.75, 3.05) is 18.1 Å². The van der Waals surface area contributed by atoms with E-state index >= 15 is 0 Å². The molecule has 1 aromatic heterocycles. The third kappa shape index (κ3) is 6.07. The van der Waals surface area contributed by atoms with E-state index in [2.05, 4.69) is 58.8 Å². The standard InChI is InChI=1S/C21H24N4OS2/c1-3-16-9-11-18(12-10-16)14-25(2)19(26)15-27-21-24-23-20(28-21)22-13-17-7-5-4-6-8-17/h4-12H,3,13-15H2,1-2H3,(H,22,23). The molecule has 3 rings (SSSR count). The van der Waals surface area contributed by atoms with Gasteiger partial charge in [0.05, 0.1) is 5.75 Å². The van der Waals surface area contributed by atoms with E-state index in [-0.39, 0.29) is 5.91 Å². The Morgan fingerprint density at radius 1 is 1.04 bits per heavy atom. The number of carbonyl (C=O) groups excluding carboxylic acids is 1. The maximum atomic E-state index is 12.4. The van der Waals surface area contributed by atoms with Crippen molar-refractivity contribution in [3.05, 3.63) is 71.3 Å². The second kappa shape index (κ2) is 10.2. The lowest BCUT2D eigenvalue weighted by Gasteiger charge is -2.17. The van der Waals surface area contributed by atoms with E-state index in [1.807, 2.05) is 25.2 Å². The Labute approximate surface area is 174 Å². The average molecular weight is 413 g/mol. The first kappa shape index (κ1) is 20.4. The topological polar surface area (TPSA) is 58.1 Å². The number of rotatable bonds is 9. The van der Waals surface area contributed by atoms with Gasteiger partial charge >= 0.3 is 0 Å². The Morgan fingerprint density at radius 3 is 2.46 bits per heavy atom. The Kier molecular flexibility index (Phi) is 7.45. The number of nitrogens with zero attached hydrogens (tertiary/aromatic N) is 3. The lowest BCUT2D eigenvalue weighted by atomic mass is 10.1. The highest BCUT2D eigenvalue weighted by atomic mass is 32.2. The summed E-state index contributed by atoms with van der Waals surface area (Å²) in [6.07, 6.45) is 1.02. The molecule has 7 heteroatoms. The molecule has 1 N–H and O–H groups in total. The zero-order valence-corrected chi connectivity index (χ0v) is 17.7. The van der Waals surface area contributed by atoms with E-state index in [0.29, 0.717) is 18.8 Å². The molecule has 0 aliphatic heterocycles. The van der Waals surface area contributed by atoms with Crippen LogP contribution in [0.4, 0.5) is 5.13 Å². The van der Waals surface area contributed by atoms with Gasteiger partial charge in [-0.25, -0.2) is 0 Å². The fraction of sp³-hybridized carbons (Fsp3) is 0.286. The zero-order chi connectivity index (χ0) is 19.8. The van der Waals surface area contributed by atoms with Crippen molar-refractivity contribution in [1.82, 2.24) is 15.1 Å². The molecule has 1 amide bonds. The van der Waals surface area contributed by atoms with Gasteiger partial charge in [0.2, 0.25) is 11.0 Å². The van der Waals surface area contributed by atoms with Crippen molar-refractivity contribution in [2.24, 2.45) is 0 Å². The summed E-state index contributed by atoms with van der Waals surface area (Å²) in [5, 5.41) is 12.3. The van der Waals surface area contributed by atoms with Gasteiger partial charge in [-0.15, -0.1) is 10.2 Å². The van der Waals surface area contributed by atoms with Crippen molar-refractivity contribution < 1.29 is 4.79 Å². The van der Waals surface area contributed by atoms with E-state index in [0.717, 1.165) is 21.5 Å².